The summed E-state index contributed by atoms with van der Waals surface area (Å²) in [6, 6.07) is 21.6. The van der Waals surface area contributed by atoms with Crippen LogP contribution in [0.1, 0.15) is 56.1 Å². The molecule has 6 nitrogen and oxygen atoms in total. The zero-order chi connectivity index (χ0) is 25.7. The van der Waals surface area contributed by atoms with E-state index < -0.39 is 11.5 Å². The summed E-state index contributed by atoms with van der Waals surface area (Å²) in [6.45, 7) is 8.78. The van der Waals surface area contributed by atoms with Crippen molar-refractivity contribution >= 4 is 11.8 Å². The van der Waals surface area contributed by atoms with E-state index in [1.165, 1.54) is 5.56 Å². The van der Waals surface area contributed by atoms with Crippen molar-refractivity contribution in [2.45, 2.75) is 52.7 Å². The molecule has 2 atom stereocenters. The molecule has 1 aliphatic rings. The molecule has 2 amide bonds. The number of pyridine rings is 1. The molecule has 1 aliphatic heterocycles. The van der Waals surface area contributed by atoms with E-state index in [-0.39, 0.29) is 17.9 Å². The van der Waals surface area contributed by atoms with Gasteiger partial charge in [-0.05, 0) is 54.3 Å². The second-order valence-corrected chi connectivity index (χ2v) is 10.3. The number of amides is 2. The van der Waals surface area contributed by atoms with Gasteiger partial charge in [-0.15, -0.1) is 0 Å². The van der Waals surface area contributed by atoms with Crippen LogP contribution in [-0.4, -0.2) is 40.9 Å². The van der Waals surface area contributed by atoms with Gasteiger partial charge in [0, 0.05) is 36.8 Å². The molecule has 4 rings (SSSR count). The molecule has 188 valence electrons. The van der Waals surface area contributed by atoms with Crippen molar-refractivity contribution in [2.75, 3.05) is 13.1 Å². The van der Waals surface area contributed by atoms with Gasteiger partial charge in [-0.2, -0.15) is 0 Å². The Hall–Kier alpha value is -3.67. The van der Waals surface area contributed by atoms with Crippen LogP contribution in [0.25, 0.3) is 0 Å². The highest BCUT2D eigenvalue weighted by Crippen LogP contribution is 2.39. The van der Waals surface area contributed by atoms with E-state index in [1.54, 1.807) is 13.1 Å². The van der Waals surface area contributed by atoms with E-state index >= 15 is 0 Å². The van der Waals surface area contributed by atoms with Crippen molar-refractivity contribution in [2.24, 2.45) is 5.41 Å². The minimum absolute atomic E-state index is 0.119. The van der Waals surface area contributed by atoms with Gasteiger partial charge >= 0.3 is 0 Å². The summed E-state index contributed by atoms with van der Waals surface area (Å²) >= 11 is 0. The van der Waals surface area contributed by atoms with Gasteiger partial charge in [-0.3, -0.25) is 14.6 Å². The van der Waals surface area contributed by atoms with Crippen LogP contribution in [0.5, 0.6) is 5.75 Å². The van der Waals surface area contributed by atoms with Crippen LogP contribution < -0.4 is 10.1 Å². The smallest absolute Gasteiger partial charge is 0.260 e. The Balaban J connectivity index is 1.51. The Bertz CT molecular complexity index is 1190. The lowest BCUT2D eigenvalue weighted by Gasteiger charge is -2.41. The predicted molar refractivity (Wildman–Crippen MR) is 141 cm³/mol. The minimum atomic E-state index is -0.655. The van der Waals surface area contributed by atoms with E-state index in [1.807, 2.05) is 74.2 Å². The first-order valence-electron chi connectivity index (χ1n) is 12.6. The standard InChI is InChI=1S/C30H35N3O3/c1-21(28(34)32-18-15-24-12-8-9-17-31-24)36-25-14-13-22-16-19-33(29(35)30(2,3)4)27(26(22)20-25)23-10-6-5-7-11-23/h5-14,17,20-21,27H,15-16,18-19H2,1-4H3,(H,32,34)/t21-,27+/m0/s1. The highest BCUT2D eigenvalue weighted by Gasteiger charge is 2.37. The molecule has 0 saturated carbocycles. The van der Waals surface area contributed by atoms with E-state index in [9.17, 15) is 9.59 Å². The van der Waals surface area contributed by atoms with E-state index in [2.05, 4.69) is 28.5 Å². The van der Waals surface area contributed by atoms with Crippen molar-refractivity contribution in [1.82, 2.24) is 15.2 Å². The first-order valence-corrected chi connectivity index (χ1v) is 12.6. The second-order valence-electron chi connectivity index (χ2n) is 10.3. The van der Waals surface area contributed by atoms with Crippen molar-refractivity contribution < 1.29 is 14.3 Å². The molecule has 0 aliphatic carbocycles. The molecular weight excluding hydrogens is 450 g/mol. The number of hydrogen-bond donors (Lipinski definition) is 1. The molecule has 3 aromatic rings. The zero-order valence-corrected chi connectivity index (χ0v) is 21.5. The maximum Gasteiger partial charge on any atom is 0.260 e. The largest absolute Gasteiger partial charge is 0.481 e. The Morgan fingerprint density at radius 2 is 1.83 bits per heavy atom. The van der Waals surface area contributed by atoms with Crippen LogP contribution in [0.4, 0.5) is 0 Å². The third-order valence-corrected chi connectivity index (χ3v) is 6.45. The van der Waals surface area contributed by atoms with Gasteiger partial charge in [0.25, 0.3) is 5.91 Å². The van der Waals surface area contributed by atoms with Crippen molar-refractivity contribution in [3.05, 3.63) is 95.3 Å². The molecule has 36 heavy (non-hydrogen) atoms. The van der Waals surface area contributed by atoms with Crippen LogP contribution in [0.15, 0.2) is 72.9 Å². The molecule has 2 heterocycles. The summed E-state index contributed by atoms with van der Waals surface area (Å²) in [5.74, 6) is 0.564. The number of aromatic nitrogens is 1. The average Bonchev–Trinajstić information content (AvgIpc) is 2.88. The topological polar surface area (TPSA) is 71.5 Å². The molecular formula is C30H35N3O3. The van der Waals surface area contributed by atoms with Gasteiger partial charge in [-0.1, -0.05) is 63.2 Å². The number of rotatable bonds is 7. The average molecular weight is 486 g/mol. The summed E-state index contributed by atoms with van der Waals surface area (Å²) in [6.07, 6.45) is 2.54. The zero-order valence-electron chi connectivity index (χ0n) is 21.5. The number of benzene rings is 2. The molecule has 0 radical (unpaired) electrons. The van der Waals surface area contributed by atoms with Gasteiger partial charge in [0.1, 0.15) is 5.75 Å². The maximum atomic E-state index is 13.4. The minimum Gasteiger partial charge on any atom is -0.481 e. The normalized spacial score (nSPS) is 16.1. The number of carbonyl (C=O) groups is 2. The van der Waals surface area contributed by atoms with Crippen molar-refractivity contribution in [1.29, 1.82) is 0 Å². The first kappa shape index (κ1) is 25.4. The molecule has 2 aromatic carbocycles. The number of carbonyl (C=O) groups excluding carboxylic acids is 2. The molecule has 0 spiro atoms. The quantitative estimate of drug-likeness (QED) is 0.525. The lowest BCUT2D eigenvalue weighted by Crippen LogP contribution is -2.45. The van der Waals surface area contributed by atoms with Crippen LogP contribution in [-0.2, 0) is 22.4 Å². The molecule has 0 bridgehead atoms. The van der Waals surface area contributed by atoms with Crippen LogP contribution in [0.2, 0.25) is 0 Å². The third-order valence-electron chi connectivity index (χ3n) is 6.45. The summed E-state index contributed by atoms with van der Waals surface area (Å²) < 4.78 is 6.06. The number of ether oxygens (including phenoxy) is 1. The second kappa shape index (κ2) is 10.9. The molecule has 6 heteroatoms. The third kappa shape index (κ3) is 5.93. The summed E-state index contributed by atoms with van der Waals surface area (Å²) in [5.41, 5.74) is 3.75. The number of fused-ring (bicyclic) bond motifs is 1. The Morgan fingerprint density at radius 1 is 1.08 bits per heavy atom. The molecule has 0 unspecified atom stereocenters. The van der Waals surface area contributed by atoms with Gasteiger partial charge in [0.15, 0.2) is 6.10 Å². The molecule has 1 aromatic heterocycles. The Morgan fingerprint density at radius 3 is 2.53 bits per heavy atom. The van der Waals surface area contributed by atoms with Gasteiger partial charge in [0.2, 0.25) is 5.91 Å². The van der Waals surface area contributed by atoms with Crippen molar-refractivity contribution in [3.8, 4) is 5.75 Å². The van der Waals surface area contributed by atoms with Gasteiger partial charge in [0.05, 0.1) is 6.04 Å². The maximum absolute atomic E-state index is 13.4. The Labute approximate surface area is 213 Å². The first-order chi connectivity index (χ1) is 17.2. The lowest BCUT2D eigenvalue weighted by molar-refractivity contribution is -0.141. The van der Waals surface area contributed by atoms with Gasteiger partial charge < -0.3 is 15.0 Å². The fourth-order valence-corrected chi connectivity index (χ4v) is 4.57. The van der Waals surface area contributed by atoms with Crippen molar-refractivity contribution in [3.63, 3.8) is 0 Å². The fourth-order valence-electron chi connectivity index (χ4n) is 4.57. The Kier molecular flexibility index (Phi) is 7.73. The van der Waals surface area contributed by atoms with Gasteiger partial charge in [-0.25, -0.2) is 0 Å². The molecule has 0 saturated heterocycles. The summed E-state index contributed by atoms with van der Waals surface area (Å²) in [5, 5.41) is 2.93. The van der Waals surface area contributed by atoms with Crippen LogP contribution >= 0.6 is 0 Å². The number of nitrogens with zero attached hydrogens (tertiary/aromatic N) is 2. The SMILES string of the molecule is C[C@H](Oc1ccc2c(c1)[C@@H](c1ccccc1)N(C(=O)C(C)(C)C)CC2)C(=O)NCCc1ccccn1. The van der Waals surface area contributed by atoms with E-state index in [0.717, 1.165) is 23.2 Å². The summed E-state index contributed by atoms with van der Waals surface area (Å²) in [4.78, 5) is 32.3. The molecule has 1 N–H and O–H groups in total. The highest BCUT2D eigenvalue weighted by atomic mass is 16.5. The lowest BCUT2D eigenvalue weighted by atomic mass is 9.85. The number of hydrogen-bond acceptors (Lipinski definition) is 4. The van der Waals surface area contributed by atoms with Crippen LogP contribution in [0, 0.1) is 5.41 Å². The van der Waals surface area contributed by atoms with Crippen LogP contribution in [0.3, 0.4) is 0 Å². The van der Waals surface area contributed by atoms with E-state index in [0.29, 0.717) is 25.3 Å². The highest BCUT2D eigenvalue weighted by molar-refractivity contribution is 5.83. The fraction of sp³-hybridized carbons (Fsp3) is 0.367. The van der Waals surface area contributed by atoms with E-state index in [4.69, 9.17) is 4.74 Å². The monoisotopic (exact) mass is 485 g/mol. The summed E-state index contributed by atoms with van der Waals surface area (Å²) in [7, 11) is 0. The predicted octanol–water partition coefficient (Wildman–Crippen LogP) is 4.73. The number of nitrogens with one attached hydrogen (secondary N) is 1. The molecule has 0 fully saturated rings.